The first-order valence-electron chi connectivity index (χ1n) is 8.56. The van der Waals surface area contributed by atoms with Gasteiger partial charge in [0.05, 0.1) is 6.04 Å². The van der Waals surface area contributed by atoms with Crippen LogP contribution in [0.2, 0.25) is 10.0 Å². The fourth-order valence-electron chi connectivity index (χ4n) is 2.63. The van der Waals surface area contributed by atoms with Gasteiger partial charge in [0, 0.05) is 28.5 Å². The molecule has 7 heteroatoms. The van der Waals surface area contributed by atoms with Crippen LogP contribution in [0.25, 0.3) is 11.5 Å². The molecule has 27 heavy (non-hydrogen) atoms. The van der Waals surface area contributed by atoms with Crippen LogP contribution in [0.5, 0.6) is 0 Å². The number of carbonyl (C=O) groups excluding carboxylic acids is 1. The smallest absolute Gasteiger partial charge is 0.247 e. The number of rotatable bonds is 6. The van der Waals surface area contributed by atoms with E-state index in [9.17, 15) is 4.79 Å². The zero-order valence-electron chi connectivity index (χ0n) is 15.0. The first kappa shape index (κ1) is 19.4. The van der Waals surface area contributed by atoms with Gasteiger partial charge in [-0.2, -0.15) is 0 Å². The molecule has 0 saturated heterocycles. The number of benzene rings is 2. The normalized spacial score (nSPS) is 12.0. The van der Waals surface area contributed by atoms with Gasteiger partial charge in [0.15, 0.2) is 0 Å². The summed E-state index contributed by atoms with van der Waals surface area (Å²) < 4.78 is 5.64. The Kier molecular flexibility index (Phi) is 6.14. The molecular weight excluding hydrogens is 385 g/mol. The number of aryl methyl sites for hydroxylation is 2. The van der Waals surface area contributed by atoms with E-state index < -0.39 is 0 Å². The molecule has 0 bridgehead atoms. The molecule has 3 aromatic rings. The monoisotopic (exact) mass is 403 g/mol. The highest BCUT2D eigenvalue weighted by Crippen LogP contribution is 2.26. The molecule has 0 aliphatic heterocycles. The molecule has 0 aliphatic rings. The number of aromatic nitrogens is 2. The van der Waals surface area contributed by atoms with E-state index in [0.29, 0.717) is 28.2 Å². The zero-order chi connectivity index (χ0) is 19.4. The Balaban J connectivity index is 1.55. The van der Waals surface area contributed by atoms with E-state index in [1.165, 1.54) is 0 Å². The van der Waals surface area contributed by atoms with Crippen molar-refractivity contribution in [3.63, 3.8) is 0 Å². The van der Waals surface area contributed by atoms with Crippen LogP contribution in [0.3, 0.4) is 0 Å². The molecule has 2 aromatic carbocycles. The Morgan fingerprint density at radius 1 is 1.15 bits per heavy atom. The average Bonchev–Trinajstić information content (AvgIpc) is 3.09. The van der Waals surface area contributed by atoms with Gasteiger partial charge in [-0.25, -0.2) is 0 Å². The van der Waals surface area contributed by atoms with E-state index >= 15 is 0 Å². The summed E-state index contributed by atoms with van der Waals surface area (Å²) in [5, 5.41) is 12.1. The lowest BCUT2D eigenvalue weighted by atomic mass is 10.1. The Labute approximate surface area is 167 Å². The number of carbonyl (C=O) groups is 1. The number of halogens is 2. The molecule has 0 saturated carbocycles. The molecule has 0 unspecified atom stereocenters. The fraction of sp³-hybridized carbons (Fsp3) is 0.250. The van der Waals surface area contributed by atoms with Crippen LogP contribution >= 0.6 is 23.2 Å². The van der Waals surface area contributed by atoms with E-state index in [2.05, 4.69) is 15.5 Å². The van der Waals surface area contributed by atoms with Crippen LogP contribution in [0.15, 0.2) is 46.9 Å². The quantitative estimate of drug-likeness (QED) is 0.616. The Hall–Kier alpha value is -2.37. The summed E-state index contributed by atoms with van der Waals surface area (Å²) in [5.74, 6) is 0.758. The molecule has 1 atom stereocenters. The lowest BCUT2D eigenvalue weighted by Gasteiger charge is -2.15. The van der Waals surface area contributed by atoms with Crippen molar-refractivity contribution in [2.75, 3.05) is 0 Å². The van der Waals surface area contributed by atoms with Crippen molar-refractivity contribution in [1.82, 2.24) is 15.5 Å². The van der Waals surface area contributed by atoms with Crippen molar-refractivity contribution in [3.8, 4) is 11.5 Å². The minimum atomic E-state index is -0.229. The minimum Gasteiger partial charge on any atom is -0.421 e. The summed E-state index contributed by atoms with van der Waals surface area (Å²) >= 11 is 12.1. The van der Waals surface area contributed by atoms with Crippen molar-refractivity contribution >= 4 is 29.1 Å². The molecule has 3 rings (SSSR count). The molecule has 1 N–H and O–H groups in total. The maximum atomic E-state index is 12.2. The third-order valence-electron chi connectivity index (χ3n) is 4.14. The molecule has 1 heterocycles. The van der Waals surface area contributed by atoms with Crippen LogP contribution in [-0.2, 0) is 11.2 Å². The highest BCUT2D eigenvalue weighted by molar-refractivity contribution is 6.35. The lowest BCUT2D eigenvalue weighted by Crippen LogP contribution is -2.27. The van der Waals surface area contributed by atoms with Gasteiger partial charge in [-0.05, 0) is 43.7 Å². The van der Waals surface area contributed by atoms with Gasteiger partial charge < -0.3 is 9.73 Å². The topological polar surface area (TPSA) is 68.0 Å². The SMILES string of the molecule is Cc1ccc(-c2nnc(CCC(=O)N[C@@H](C)c3ccc(Cl)cc3Cl)o2)cc1. The van der Waals surface area contributed by atoms with Gasteiger partial charge in [-0.15, -0.1) is 10.2 Å². The molecule has 140 valence electrons. The summed E-state index contributed by atoms with van der Waals surface area (Å²) in [4.78, 5) is 12.2. The van der Waals surface area contributed by atoms with E-state index in [1.54, 1.807) is 12.1 Å². The number of nitrogens with one attached hydrogen (secondary N) is 1. The molecule has 5 nitrogen and oxygen atoms in total. The van der Waals surface area contributed by atoms with Gasteiger partial charge in [0.1, 0.15) is 0 Å². The highest BCUT2D eigenvalue weighted by atomic mass is 35.5. The third-order valence-corrected chi connectivity index (χ3v) is 4.70. The Bertz CT molecular complexity index is 939. The van der Waals surface area contributed by atoms with Gasteiger partial charge in [0.25, 0.3) is 0 Å². The maximum Gasteiger partial charge on any atom is 0.247 e. The second-order valence-electron chi connectivity index (χ2n) is 6.32. The van der Waals surface area contributed by atoms with Crippen molar-refractivity contribution in [2.24, 2.45) is 0 Å². The minimum absolute atomic E-state index is 0.122. The molecule has 0 spiro atoms. The number of hydrogen-bond donors (Lipinski definition) is 1. The average molecular weight is 404 g/mol. The van der Waals surface area contributed by atoms with Gasteiger partial charge in [-0.3, -0.25) is 4.79 Å². The summed E-state index contributed by atoms with van der Waals surface area (Å²) in [7, 11) is 0. The van der Waals surface area contributed by atoms with Crippen LogP contribution in [0.1, 0.15) is 36.4 Å². The van der Waals surface area contributed by atoms with Crippen LogP contribution < -0.4 is 5.32 Å². The van der Waals surface area contributed by atoms with Gasteiger partial charge in [-0.1, -0.05) is 47.0 Å². The van der Waals surface area contributed by atoms with E-state index in [1.807, 2.05) is 44.2 Å². The summed E-state index contributed by atoms with van der Waals surface area (Å²) in [6.07, 6.45) is 0.608. The highest BCUT2D eigenvalue weighted by Gasteiger charge is 2.15. The van der Waals surface area contributed by atoms with Gasteiger partial charge in [0.2, 0.25) is 17.7 Å². The van der Waals surface area contributed by atoms with Crippen molar-refractivity contribution < 1.29 is 9.21 Å². The van der Waals surface area contributed by atoms with E-state index in [-0.39, 0.29) is 18.4 Å². The molecule has 1 amide bonds. The van der Waals surface area contributed by atoms with Gasteiger partial charge >= 0.3 is 0 Å². The van der Waals surface area contributed by atoms with E-state index in [0.717, 1.165) is 16.7 Å². The fourth-order valence-corrected chi connectivity index (χ4v) is 3.20. The number of hydrogen-bond acceptors (Lipinski definition) is 4. The zero-order valence-corrected chi connectivity index (χ0v) is 16.5. The van der Waals surface area contributed by atoms with Crippen molar-refractivity contribution in [1.29, 1.82) is 0 Å². The van der Waals surface area contributed by atoms with E-state index in [4.69, 9.17) is 27.6 Å². The number of amides is 1. The third kappa shape index (κ3) is 5.08. The van der Waals surface area contributed by atoms with Crippen molar-refractivity contribution in [2.45, 2.75) is 32.7 Å². The molecule has 1 aromatic heterocycles. The first-order valence-corrected chi connectivity index (χ1v) is 9.31. The van der Waals surface area contributed by atoms with Crippen LogP contribution in [-0.4, -0.2) is 16.1 Å². The van der Waals surface area contributed by atoms with Crippen LogP contribution in [0.4, 0.5) is 0 Å². The second kappa shape index (κ2) is 8.55. The summed E-state index contributed by atoms with van der Waals surface area (Å²) in [6, 6.07) is 12.8. The lowest BCUT2D eigenvalue weighted by molar-refractivity contribution is -0.121. The maximum absolute atomic E-state index is 12.2. The van der Waals surface area contributed by atoms with Crippen LogP contribution in [0, 0.1) is 6.92 Å². The second-order valence-corrected chi connectivity index (χ2v) is 7.17. The Morgan fingerprint density at radius 2 is 1.89 bits per heavy atom. The molecule has 0 fully saturated rings. The largest absolute Gasteiger partial charge is 0.421 e. The standard InChI is InChI=1S/C20H19Cl2N3O2/c1-12-3-5-14(6-4-12)20-25-24-19(27-20)10-9-18(26)23-13(2)16-8-7-15(21)11-17(16)22/h3-8,11,13H,9-10H2,1-2H3,(H,23,26)/t13-/m0/s1. The first-order chi connectivity index (χ1) is 12.9. The summed E-state index contributed by atoms with van der Waals surface area (Å²) in [6.45, 7) is 3.88. The molecular formula is C20H19Cl2N3O2. The predicted molar refractivity (Wildman–Crippen MR) is 106 cm³/mol. The summed E-state index contributed by atoms with van der Waals surface area (Å²) in [5.41, 5.74) is 2.83. The predicted octanol–water partition coefficient (Wildman–Crippen LogP) is 5.16. The molecule has 0 radical (unpaired) electrons. The van der Waals surface area contributed by atoms with Crippen molar-refractivity contribution in [3.05, 3.63) is 69.5 Å². The molecule has 0 aliphatic carbocycles. The number of nitrogens with zero attached hydrogens (tertiary/aromatic N) is 2. The Morgan fingerprint density at radius 3 is 2.59 bits per heavy atom.